The van der Waals surface area contributed by atoms with Crippen LogP contribution in [0.25, 0.3) is 66.1 Å². The molecule has 3 aromatic carbocycles. The van der Waals surface area contributed by atoms with E-state index in [1.807, 2.05) is 26.1 Å². The van der Waals surface area contributed by atoms with Crippen LogP contribution in [0.5, 0.6) is 0 Å². The molecule has 7 aromatic rings. The summed E-state index contributed by atoms with van der Waals surface area (Å²) in [6, 6.07) is 27.4. The number of nitrogens with zero attached hydrogens (tertiary/aromatic N) is 3. The van der Waals surface area contributed by atoms with Crippen molar-refractivity contribution >= 4 is 43.7 Å². The molecule has 0 N–H and O–H groups in total. The molecule has 0 aliphatic heterocycles. The predicted molar refractivity (Wildman–Crippen MR) is 147 cm³/mol. The SMILES string of the molecule is Cc1ccc2cc(-c3ccnc(-c4cccc5c4oc4c5ccc5ccc(C)nc54)c3)c(C)cc2n1. The molecule has 4 nitrogen and oxygen atoms in total. The van der Waals surface area contributed by atoms with Crippen LogP contribution in [-0.2, 0) is 0 Å². The predicted octanol–water partition coefficient (Wildman–Crippen LogP) is 8.34. The minimum Gasteiger partial charge on any atom is -0.453 e. The summed E-state index contributed by atoms with van der Waals surface area (Å²) in [7, 11) is 0. The first kappa shape index (κ1) is 20.8. The fourth-order valence-electron chi connectivity index (χ4n) is 5.17. The minimum absolute atomic E-state index is 0.822. The van der Waals surface area contributed by atoms with Gasteiger partial charge in [0.05, 0.1) is 11.2 Å². The van der Waals surface area contributed by atoms with E-state index in [1.165, 1.54) is 11.1 Å². The number of hydrogen-bond donors (Lipinski definition) is 0. The molecular formula is C32H23N3O. The number of aryl methyl sites for hydroxylation is 3. The molecule has 0 aliphatic carbocycles. The smallest absolute Gasteiger partial charge is 0.161 e. The number of rotatable bonds is 2. The number of fused-ring (bicyclic) bond motifs is 6. The van der Waals surface area contributed by atoms with E-state index in [-0.39, 0.29) is 0 Å². The van der Waals surface area contributed by atoms with Crippen LogP contribution >= 0.6 is 0 Å². The van der Waals surface area contributed by atoms with E-state index in [9.17, 15) is 0 Å². The summed E-state index contributed by atoms with van der Waals surface area (Å²) in [5, 5.41) is 4.35. The van der Waals surface area contributed by atoms with Gasteiger partial charge in [-0.25, -0.2) is 4.98 Å². The molecule has 0 amide bonds. The van der Waals surface area contributed by atoms with Crippen molar-refractivity contribution in [3.63, 3.8) is 0 Å². The number of para-hydroxylation sites is 1. The van der Waals surface area contributed by atoms with Crippen LogP contribution in [-0.4, -0.2) is 15.0 Å². The summed E-state index contributed by atoms with van der Waals surface area (Å²) in [6.07, 6.45) is 1.88. The Labute approximate surface area is 208 Å². The van der Waals surface area contributed by atoms with Crippen molar-refractivity contribution in [2.75, 3.05) is 0 Å². The van der Waals surface area contributed by atoms with Crippen LogP contribution in [0.15, 0.2) is 89.5 Å². The van der Waals surface area contributed by atoms with E-state index in [4.69, 9.17) is 14.4 Å². The molecule has 0 saturated carbocycles. The lowest BCUT2D eigenvalue weighted by Gasteiger charge is -2.10. The first-order valence-corrected chi connectivity index (χ1v) is 12.1. The zero-order chi connectivity index (χ0) is 24.4. The zero-order valence-electron chi connectivity index (χ0n) is 20.3. The Kier molecular flexibility index (Phi) is 4.45. The zero-order valence-corrected chi connectivity index (χ0v) is 20.3. The van der Waals surface area contributed by atoms with Gasteiger partial charge in [-0.2, -0.15) is 0 Å². The molecule has 0 radical (unpaired) electrons. The van der Waals surface area contributed by atoms with Crippen LogP contribution < -0.4 is 0 Å². The summed E-state index contributed by atoms with van der Waals surface area (Å²) >= 11 is 0. The summed E-state index contributed by atoms with van der Waals surface area (Å²) in [4.78, 5) is 14.2. The first-order chi connectivity index (χ1) is 17.5. The van der Waals surface area contributed by atoms with Gasteiger partial charge in [0.25, 0.3) is 0 Å². The Morgan fingerprint density at radius 3 is 2.31 bits per heavy atom. The third-order valence-electron chi connectivity index (χ3n) is 6.99. The maximum Gasteiger partial charge on any atom is 0.161 e. The third-order valence-corrected chi connectivity index (χ3v) is 6.99. The molecule has 0 bridgehead atoms. The Balaban J connectivity index is 1.43. The Morgan fingerprint density at radius 1 is 0.639 bits per heavy atom. The van der Waals surface area contributed by atoms with Gasteiger partial charge in [-0.15, -0.1) is 0 Å². The number of benzene rings is 3. The molecule has 0 atom stereocenters. The monoisotopic (exact) mass is 465 g/mol. The van der Waals surface area contributed by atoms with E-state index < -0.39 is 0 Å². The average molecular weight is 466 g/mol. The second kappa shape index (κ2) is 7.72. The Hall–Kier alpha value is -4.57. The number of furan rings is 1. The van der Waals surface area contributed by atoms with E-state index in [2.05, 4.69) is 84.7 Å². The van der Waals surface area contributed by atoms with Gasteiger partial charge in [-0.1, -0.05) is 30.3 Å². The highest BCUT2D eigenvalue weighted by Gasteiger charge is 2.16. The Morgan fingerprint density at radius 2 is 1.42 bits per heavy atom. The van der Waals surface area contributed by atoms with Crippen molar-refractivity contribution in [3.05, 3.63) is 102 Å². The molecule has 0 saturated heterocycles. The molecule has 0 unspecified atom stereocenters. The largest absolute Gasteiger partial charge is 0.453 e. The summed E-state index contributed by atoms with van der Waals surface area (Å²) in [6.45, 7) is 6.17. The molecule has 0 fully saturated rings. The van der Waals surface area contributed by atoms with Crippen LogP contribution in [0, 0.1) is 20.8 Å². The van der Waals surface area contributed by atoms with Gasteiger partial charge in [0, 0.05) is 44.7 Å². The van der Waals surface area contributed by atoms with Crippen LogP contribution in [0.3, 0.4) is 0 Å². The minimum atomic E-state index is 0.822. The topological polar surface area (TPSA) is 51.8 Å². The fraction of sp³-hybridized carbons (Fsp3) is 0.0938. The molecule has 172 valence electrons. The van der Waals surface area contributed by atoms with Crippen molar-refractivity contribution < 1.29 is 4.42 Å². The first-order valence-electron chi connectivity index (χ1n) is 12.1. The van der Waals surface area contributed by atoms with Crippen molar-refractivity contribution in [2.24, 2.45) is 0 Å². The lowest BCUT2D eigenvalue weighted by atomic mass is 9.97. The maximum absolute atomic E-state index is 6.53. The van der Waals surface area contributed by atoms with E-state index in [1.54, 1.807) is 0 Å². The average Bonchev–Trinajstić information content (AvgIpc) is 3.28. The van der Waals surface area contributed by atoms with E-state index in [0.717, 1.165) is 72.0 Å². The third kappa shape index (κ3) is 3.18. The molecule has 4 aromatic heterocycles. The fourth-order valence-corrected chi connectivity index (χ4v) is 5.17. The second-order valence-electron chi connectivity index (χ2n) is 9.49. The molecule has 36 heavy (non-hydrogen) atoms. The van der Waals surface area contributed by atoms with Crippen LogP contribution in [0.4, 0.5) is 0 Å². The lowest BCUT2D eigenvalue weighted by Crippen LogP contribution is -1.90. The van der Waals surface area contributed by atoms with E-state index >= 15 is 0 Å². The van der Waals surface area contributed by atoms with Gasteiger partial charge in [0.15, 0.2) is 5.58 Å². The van der Waals surface area contributed by atoms with Gasteiger partial charge in [0.2, 0.25) is 0 Å². The Bertz CT molecular complexity index is 1980. The number of aromatic nitrogens is 3. The van der Waals surface area contributed by atoms with Crippen LogP contribution in [0.1, 0.15) is 17.0 Å². The standard InChI is InChI=1S/C32H23N3O/c1-18-15-28-23(10-8-19(2)34-28)16-27(18)22-13-14-33-29(17-22)26-6-4-5-24-25-12-11-21-9-7-20(3)35-30(21)32(25)36-31(24)26/h4-17H,1-3H3. The van der Waals surface area contributed by atoms with E-state index in [0.29, 0.717) is 0 Å². The number of pyridine rings is 3. The normalized spacial score (nSPS) is 11.8. The lowest BCUT2D eigenvalue weighted by molar-refractivity contribution is 0.672. The van der Waals surface area contributed by atoms with Gasteiger partial charge in [-0.3, -0.25) is 9.97 Å². The van der Waals surface area contributed by atoms with Gasteiger partial charge < -0.3 is 4.42 Å². The van der Waals surface area contributed by atoms with Crippen molar-refractivity contribution in [1.82, 2.24) is 15.0 Å². The van der Waals surface area contributed by atoms with Crippen molar-refractivity contribution in [3.8, 4) is 22.4 Å². The van der Waals surface area contributed by atoms with Crippen molar-refractivity contribution in [2.45, 2.75) is 20.8 Å². The molecular weight excluding hydrogens is 442 g/mol. The highest BCUT2D eigenvalue weighted by atomic mass is 16.3. The highest BCUT2D eigenvalue weighted by Crippen LogP contribution is 2.39. The molecule has 4 heteroatoms. The van der Waals surface area contributed by atoms with Crippen molar-refractivity contribution in [1.29, 1.82) is 0 Å². The highest BCUT2D eigenvalue weighted by molar-refractivity contribution is 6.16. The van der Waals surface area contributed by atoms with Crippen LogP contribution in [0.2, 0.25) is 0 Å². The summed E-state index contributed by atoms with van der Waals surface area (Å²) < 4.78 is 6.53. The van der Waals surface area contributed by atoms with Gasteiger partial charge in [-0.05, 0) is 86.0 Å². The summed E-state index contributed by atoms with van der Waals surface area (Å²) in [5.74, 6) is 0. The number of hydrogen-bond acceptors (Lipinski definition) is 4. The quantitative estimate of drug-likeness (QED) is 0.257. The molecule has 7 rings (SSSR count). The second-order valence-corrected chi connectivity index (χ2v) is 9.49. The van der Waals surface area contributed by atoms with Gasteiger partial charge in [0.1, 0.15) is 11.1 Å². The summed E-state index contributed by atoms with van der Waals surface area (Å²) in [5.41, 5.74) is 10.9. The molecule has 0 aliphatic rings. The van der Waals surface area contributed by atoms with Gasteiger partial charge >= 0.3 is 0 Å². The molecule has 4 heterocycles. The molecule has 0 spiro atoms. The maximum atomic E-state index is 6.53.